The summed E-state index contributed by atoms with van der Waals surface area (Å²) in [5, 5.41) is 9.69. The molecule has 0 aliphatic rings. The van der Waals surface area contributed by atoms with Crippen LogP contribution in [0.15, 0.2) is 66.7 Å². The third-order valence-corrected chi connectivity index (χ3v) is 4.44. The maximum atomic E-state index is 11.8. The van der Waals surface area contributed by atoms with Crippen LogP contribution in [-0.4, -0.2) is 25.3 Å². The molecule has 1 N–H and O–H groups in total. The number of ether oxygens (including phenoxy) is 3. The molecule has 0 aliphatic heterocycles. The fourth-order valence-electron chi connectivity index (χ4n) is 2.87. The van der Waals surface area contributed by atoms with E-state index in [1.54, 1.807) is 24.3 Å². The van der Waals surface area contributed by atoms with E-state index in [0.717, 1.165) is 16.9 Å². The first-order valence-corrected chi connectivity index (χ1v) is 9.02. The monoisotopic (exact) mass is 390 g/mol. The second kappa shape index (κ2) is 8.97. The first-order chi connectivity index (χ1) is 14.0. The minimum atomic E-state index is -1.03. The van der Waals surface area contributed by atoms with Crippen LogP contribution in [0.25, 0.3) is 11.6 Å². The Bertz CT molecular complexity index is 1040. The molecule has 3 aromatic carbocycles. The number of methoxy groups -OCH3 is 2. The SMILES string of the molecule is COc1ccc(/C(=C/c2ccc(Oc3ccccc3C)cc2)C(=O)O)cc1OC. The lowest BCUT2D eigenvalue weighted by atomic mass is 10.0. The minimum absolute atomic E-state index is 0.151. The van der Waals surface area contributed by atoms with Gasteiger partial charge in [0.15, 0.2) is 11.5 Å². The summed E-state index contributed by atoms with van der Waals surface area (Å²) in [5.74, 6) is 1.45. The molecule has 0 spiro atoms. The van der Waals surface area contributed by atoms with Crippen molar-refractivity contribution in [2.24, 2.45) is 0 Å². The highest BCUT2D eigenvalue weighted by atomic mass is 16.5. The number of para-hydroxylation sites is 1. The van der Waals surface area contributed by atoms with E-state index in [4.69, 9.17) is 14.2 Å². The molecule has 3 rings (SSSR count). The van der Waals surface area contributed by atoms with E-state index in [0.29, 0.717) is 22.8 Å². The van der Waals surface area contributed by atoms with Gasteiger partial charge in [-0.05, 0) is 60.0 Å². The number of aryl methyl sites for hydroxylation is 1. The molecule has 0 heterocycles. The van der Waals surface area contributed by atoms with Crippen molar-refractivity contribution in [3.63, 3.8) is 0 Å². The summed E-state index contributed by atoms with van der Waals surface area (Å²) in [6.07, 6.45) is 1.61. The van der Waals surface area contributed by atoms with Crippen molar-refractivity contribution in [1.29, 1.82) is 0 Å². The highest BCUT2D eigenvalue weighted by Gasteiger charge is 2.14. The molecule has 0 amide bonds. The smallest absolute Gasteiger partial charge is 0.336 e. The molecule has 0 fully saturated rings. The summed E-state index contributed by atoms with van der Waals surface area (Å²) < 4.78 is 16.4. The van der Waals surface area contributed by atoms with Crippen LogP contribution < -0.4 is 14.2 Å². The first kappa shape index (κ1) is 20.0. The Hall–Kier alpha value is -3.73. The van der Waals surface area contributed by atoms with Crippen LogP contribution in [0.4, 0.5) is 0 Å². The van der Waals surface area contributed by atoms with Gasteiger partial charge in [0, 0.05) is 0 Å². The molecule has 5 nitrogen and oxygen atoms in total. The van der Waals surface area contributed by atoms with Gasteiger partial charge in [-0.2, -0.15) is 0 Å². The van der Waals surface area contributed by atoms with Crippen molar-refractivity contribution in [3.8, 4) is 23.0 Å². The number of carbonyl (C=O) groups is 1. The Labute approximate surface area is 169 Å². The summed E-state index contributed by atoms with van der Waals surface area (Å²) in [6.45, 7) is 1.98. The Morgan fingerprint density at radius 2 is 1.55 bits per heavy atom. The number of carboxylic acids is 1. The molecule has 0 aromatic heterocycles. The second-order valence-corrected chi connectivity index (χ2v) is 6.37. The van der Waals surface area contributed by atoms with Gasteiger partial charge in [0.2, 0.25) is 0 Å². The van der Waals surface area contributed by atoms with Gasteiger partial charge in [-0.3, -0.25) is 0 Å². The highest BCUT2D eigenvalue weighted by Crippen LogP contribution is 2.31. The van der Waals surface area contributed by atoms with Gasteiger partial charge in [-0.1, -0.05) is 36.4 Å². The molecule has 5 heteroatoms. The fraction of sp³-hybridized carbons (Fsp3) is 0.125. The zero-order valence-electron chi connectivity index (χ0n) is 16.5. The maximum Gasteiger partial charge on any atom is 0.336 e. The lowest BCUT2D eigenvalue weighted by molar-refractivity contribution is -0.130. The molecular formula is C24H22O5. The van der Waals surface area contributed by atoms with Crippen LogP contribution >= 0.6 is 0 Å². The Balaban J connectivity index is 1.88. The number of carboxylic acid groups (broad SMARTS) is 1. The van der Waals surface area contributed by atoms with Crippen molar-refractivity contribution >= 4 is 17.6 Å². The number of hydrogen-bond donors (Lipinski definition) is 1. The fourth-order valence-corrected chi connectivity index (χ4v) is 2.87. The Morgan fingerprint density at radius 3 is 2.17 bits per heavy atom. The van der Waals surface area contributed by atoms with E-state index >= 15 is 0 Å². The van der Waals surface area contributed by atoms with E-state index in [1.165, 1.54) is 14.2 Å². The van der Waals surface area contributed by atoms with Gasteiger partial charge >= 0.3 is 5.97 Å². The van der Waals surface area contributed by atoms with Crippen molar-refractivity contribution in [2.45, 2.75) is 6.92 Å². The highest BCUT2D eigenvalue weighted by molar-refractivity contribution is 6.20. The van der Waals surface area contributed by atoms with E-state index in [-0.39, 0.29) is 5.57 Å². The van der Waals surface area contributed by atoms with Gasteiger partial charge in [0.25, 0.3) is 0 Å². The van der Waals surface area contributed by atoms with E-state index in [1.807, 2.05) is 55.5 Å². The molecule has 0 radical (unpaired) electrons. The molecule has 0 atom stereocenters. The molecule has 3 aromatic rings. The van der Waals surface area contributed by atoms with E-state index < -0.39 is 5.97 Å². The summed E-state index contributed by atoms with van der Waals surface area (Å²) in [7, 11) is 3.05. The summed E-state index contributed by atoms with van der Waals surface area (Å²) in [4.78, 5) is 11.8. The molecule has 0 unspecified atom stereocenters. The number of benzene rings is 3. The van der Waals surface area contributed by atoms with Gasteiger partial charge < -0.3 is 19.3 Å². The number of aliphatic carboxylic acids is 1. The average Bonchev–Trinajstić information content (AvgIpc) is 2.74. The average molecular weight is 390 g/mol. The third-order valence-electron chi connectivity index (χ3n) is 4.44. The van der Waals surface area contributed by atoms with Crippen molar-refractivity contribution < 1.29 is 24.1 Å². The van der Waals surface area contributed by atoms with E-state index in [2.05, 4.69) is 0 Å². The van der Waals surface area contributed by atoms with Crippen molar-refractivity contribution in [3.05, 3.63) is 83.4 Å². The van der Waals surface area contributed by atoms with Crippen LogP contribution in [0.5, 0.6) is 23.0 Å². The molecule has 0 saturated heterocycles. The van der Waals surface area contributed by atoms with Crippen molar-refractivity contribution in [2.75, 3.05) is 14.2 Å². The van der Waals surface area contributed by atoms with Crippen LogP contribution in [0.3, 0.4) is 0 Å². The molecule has 0 bridgehead atoms. The summed E-state index contributed by atoms with van der Waals surface area (Å²) in [5.41, 5.74) is 2.46. The van der Waals surface area contributed by atoms with Gasteiger partial charge in [-0.15, -0.1) is 0 Å². The topological polar surface area (TPSA) is 65.0 Å². The molecule has 0 saturated carbocycles. The predicted octanol–water partition coefficient (Wildman–Crippen LogP) is 5.43. The van der Waals surface area contributed by atoms with Crippen LogP contribution in [-0.2, 0) is 4.79 Å². The lowest BCUT2D eigenvalue weighted by Crippen LogP contribution is -2.01. The van der Waals surface area contributed by atoms with Crippen molar-refractivity contribution in [1.82, 2.24) is 0 Å². The molecular weight excluding hydrogens is 368 g/mol. The Kier molecular flexibility index (Phi) is 6.19. The first-order valence-electron chi connectivity index (χ1n) is 9.02. The predicted molar refractivity (Wildman–Crippen MR) is 113 cm³/mol. The second-order valence-electron chi connectivity index (χ2n) is 6.37. The number of rotatable bonds is 7. The molecule has 29 heavy (non-hydrogen) atoms. The zero-order chi connectivity index (χ0) is 20.8. The molecule has 0 aliphatic carbocycles. The standard InChI is InChI=1S/C24H22O5/c1-16-6-4-5-7-21(16)29-19-11-8-17(9-12-19)14-20(24(25)26)18-10-13-22(27-2)23(15-18)28-3/h4-15H,1-3H3,(H,25,26)/b20-14-. The lowest BCUT2D eigenvalue weighted by Gasteiger charge is -2.11. The minimum Gasteiger partial charge on any atom is -0.493 e. The number of hydrogen-bond acceptors (Lipinski definition) is 4. The molecule has 148 valence electrons. The van der Waals surface area contributed by atoms with Gasteiger partial charge in [-0.25, -0.2) is 4.79 Å². The van der Waals surface area contributed by atoms with Crippen LogP contribution in [0, 0.1) is 6.92 Å². The normalized spacial score (nSPS) is 11.1. The third kappa shape index (κ3) is 4.76. The van der Waals surface area contributed by atoms with Crippen LogP contribution in [0.1, 0.15) is 16.7 Å². The maximum absolute atomic E-state index is 11.8. The Morgan fingerprint density at radius 1 is 0.862 bits per heavy atom. The van der Waals surface area contributed by atoms with Gasteiger partial charge in [0.1, 0.15) is 11.5 Å². The summed E-state index contributed by atoms with van der Waals surface area (Å²) in [6, 6.07) is 20.0. The quantitative estimate of drug-likeness (QED) is 0.430. The summed E-state index contributed by atoms with van der Waals surface area (Å²) >= 11 is 0. The van der Waals surface area contributed by atoms with Crippen LogP contribution in [0.2, 0.25) is 0 Å². The van der Waals surface area contributed by atoms with E-state index in [9.17, 15) is 9.90 Å². The largest absolute Gasteiger partial charge is 0.493 e. The zero-order valence-corrected chi connectivity index (χ0v) is 16.5. The van der Waals surface area contributed by atoms with Gasteiger partial charge in [0.05, 0.1) is 19.8 Å².